The van der Waals surface area contributed by atoms with E-state index in [9.17, 15) is 14.4 Å². The van der Waals surface area contributed by atoms with Gasteiger partial charge in [-0.25, -0.2) is 9.59 Å². The lowest BCUT2D eigenvalue weighted by molar-refractivity contribution is -0.155. The Morgan fingerprint density at radius 2 is 1.81 bits per heavy atom. The van der Waals surface area contributed by atoms with Crippen molar-refractivity contribution in [3.05, 3.63) is 23.8 Å². The lowest BCUT2D eigenvalue weighted by Crippen LogP contribution is -2.40. The fourth-order valence-corrected chi connectivity index (χ4v) is 3.00. The average molecular weight is 453 g/mol. The van der Waals surface area contributed by atoms with Gasteiger partial charge >= 0.3 is 18.2 Å². The minimum atomic E-state index is -1.04. The molecule has 1 aliphatic rings. The van der Waals surface area contributed by atoms with Crippen molar-refractivity contribution < 1.29 is 42.8 Å². The number of rotatable bonds is 9. The SMILES string of the molecule is CCN(C(=O)OCOC(=O)OCCC(=O)OC(C)(C)C)C(C)Cc1ccc2c(c1)OCO2. The number of nitrogens with zero attached hydrogens (tertiary/aromatic N) is 1. The Morgan fingerprint density at radius 3 is 2.50 bits per heavy atom. The molecule has 10 nitrogen and oxygen atoms in total. The summed E-state index contributed by atoms with van der Waals surface area (Å²) >= 11 is 0. The van der Waals surface area contributed by atoms with Crippen molar-refractivity contribution in [1.82, 2.24) is 4.90 Å². The number of hydrogen-bond donors (Lipinski definition) is 0. The second-order valence-corrected chi connectivity index (χ2v) is 8.13. The molecule has 1 aliphatic heterocycles. The van der Waals surface area contributed by atoms with E-state index in [0.717, 1.165) is 5.56 Å². The predicted molar refractivity (Wildman–Crippen MR) is 112 cm³/mol. The maximum absolute atomic E-state index is 12.4. The van der Waals surface area contributed by atoms with E-state index in [1.807, 2.05) is 32.0 Å². The standard InChI is InChI=1S/C22H31NO9/c1-6-23(15(2)11-16-7-8-17-18(12-16)29-13-28-17)20(25)30-14-31-21(26)27-10-9-19(24)32-22(3,4)5/h7-8,12,15H,6,9-11,13-14H2,1-5H3. The smallest absolute Gasteiger partial charge is 0.460 e. The lowest BCUT2D eigenvalue weighted by atomic mass is 10.1. The number of fused-ring (bicyclic) bond motifs is 1. The van der Waals surface area contributed by atoms with Gasteiger partial charge in [0.25, 0.3) is 0 Å². The minimum Gasteiger partial charge on any atom is -0.460 e. The average Bonchev–Trinajstić information content (AvgIpc) is 3.15. The molecule has 1 amide bonds. The van der Waals surface area contributed by atoms with E-state index < -0.39 is 30.6 Å². The summed E-state index contributed by atoms with van der Waals surface area (Å²) in [7, 11) is 0. The quantitative estimate of drug-likeness (QED) is 0.314. The number of ether oxygens (including phenoxy) is 6. The number of likely N-dealkylation sites (N-methyl/N-ethyl adjacent to an activating group) is 1. The monoisotopic (exact) mass is 453 g/mol. The van der Waals surface area contributed by atoms with E-state index in [4.69, 9.17) is 28.4 Å². The Hall–Kier alpha value is -3.17. The molecule has 0 radical (unpaired) electrons. The number of hydrogen-bond acceptors (Lipinski definition) is 9. The van der Waals surface area contributed by atoms with Crippen LogP contribution in [0.4, 0.5) is 9.59 Å². The van der Waals surface area contributed by atoms with Crippen LogP contribution in [0.1, 0.15) is 46.6 Å². The van der Waals surface area contributed by atoms with Crippen LogP contribution in [-0.2, 0) is 30.2 Å². The third kappa shape index (κ3) is 8.16. The van der Waals surface area contributed by atoms with Crippen molar-refractivity contribution in [2.24, 2.45) is 0 Å². The molecule has 1 aromatic rings. The van der Waals surface area contributed by atoms with Gasteiger partial charge in [-0.05, 0) is 58.7 Å². The van der Waals surface area contributed by atoms with Crippen molar-refractivity contribution in [3.63, 3.8) is 0 Å². The summed E-state index contributed by atoms with van der Waals surface area (Å²) in [5.41, 5.74) is 0.370. The second kappa shape index (κ2) is 11.4. The maximum Gasteiger partial charge on any atom is 0.511 e. The minimum absolute atomic E-state index is 0.104. The Kier molecular flexibility index (Phi) is 8.98. The van der Waals surface area contributed by atoms with E-state index in [-0.39, 0.29) is 25.9 Å². The first kappa shape index (κ1) is 25.1. The molecular formula is C22H31NO9. The molecule has 0 N–H and O–H groups in total. The van der Waals surface area contributed by atoms with Crippen molar-refractivity contribution >= 4 is 18.2 Å². The summed E-state index contributed by atoms with van der Waals surface area (Å²) in [5, 5.41) is 0. The highest BCUT2D eigenvalue weighted by molar-refractivity contribution is 5.70. The molecule has 32 heavy (non-hydrogen) atoms. The summed E-state index contributed by atoms with van der Waals surface area (Å²) in [6.07, 6.45) is -1.19. The Bertz CT molecular complexity index is 803. The molecule has 0 fully saturated rings. The summed E-state index contributed by atoms with van der Waals surface area (Å²) < 4.78 is 30.3. The normalized spacial score (nSPS) is 13.2. The first-order valence-electron chi connectivity index (χ1n) is 10.4. The summed E-state index contributed by atoms with van der Waals surface area (Å²) in [6.45, 7) is 8.74. The zero-order chi connectivity index (χ0) is 23.7. The number of carbonyl (C=O) groups excluding carboxylic acids is 3. The van der Waals surface area contributed by atoms with Gasteiger partial charge in [0.05, 0.1) is 6.42 Å². The van der Waals surface area contributed by atoms with Gasteiger partial charge in [0.15, 0.2) is 11.5 Å². The van der Waals surface area contributed by atoms with Crippen LogP contribution in [0.5, 0.6) is 11.5 Å². The van der Waals surface area contributed by atoms with E-state index in [1.165, 1.54) is 4.90 Å². The summed E-state index contributed by atoms with van der Waals surface area (Å²) in [4.78, 5) is 37.0. The Balaban J connectivity index is 1.70. The number of carbonyl (C=O) groups is 3. The van der Waals surface area contributed by atoms with Crippen LogP contribution < -0.4 is 9.47 Å². The van der Waals surface area contributed by atoms with Crippen LogP contribution in [0.25, 0.3) is 0 Å². The van der Waals surface area contributed by atoms with Gasteiger partial charge in [0.2, 0.25) is 13.6 Å². The molecule has 0 aromatic heterocycles. The number of amides is 1. The molecule has 1 aromatic carbocycles. The molecule has 0 saturated carbocycles. The molecule has 2 rings (SSSR count). The van der Waals surface area contributed by atoms with Gasteiger partial charge in [-0.3, -0.25) is 4.79 Å². The molecule has 0 spiro atoms. The van der Waals surface area contributed by atoms with Crippen molar-refractivity contribution in [1.29, 1.82) is 0 Å². The highest BCUT2D eigenvalue weighted by Crippen LogP contribution is 2.33. The maximum atomic E-state index is 12.4. The third-order valence-electron chi connectivity index (χ3n) is 4.38. The molecule has 0 aliphatic carbocycles. The molecule has 10 heteroatoms. The largest absolute Gasteiger partial charge is 0.511 e. The van der Waals surface area contributed by atoms with Crippen molar-refractivity contribution in [2.75, 3.05) is 26.7 Å². The van der Waals surface area contributed by atoms with Gasteiger partial charge in [0, 0.05) is 12.6 Å². The van der Waals surface area contributed by atoms with Crippen LogP contribution in [0.2, 0.25) is 0 Å². The van der Waals surface area contributed by atoms with Crippen molar-refractivity contribution in [2.45, 2.75) is 59.1 Å². The lowest BCUT2D eigenvalue weighted by Gasteiger charge is -2.27. The van der Waals surface area contributed by atoms with E-state index in [2.05, 4.69) is 0 Å². The third-order valence-corrected chi connectivity index (χ3v) is 4.38. The Labute approximate surface area is 187 Å². The predicted octanol–water partition coefficient (Wildman–Crippen LogP) is 3.65. The van der Waals surface area contributed by atoms with Crippen LogP contribution in [-0.4, -0.2) is 61.5 Å². The van der Waals surface area contributed by atoms with E-state index >= 15 is 0 Å². The summed E-state index contributed by atoms with van der Waals surface area (Å²) in [5.74, 6) is 0.883. The molecular weight excluding hydrogens is 422 g/mol. The molecule has 1 unspecified atom stereocenters. The highest BCUT2D eigenvalue weighted by Gasteiger charge is 2.22. The number of esters is 1. The van der Waals surface area contributed by atoms with Crippen LogP contribution in [0, 0.1) is 0 Å². The zero-order valence-corrected chi connectivity index (χ0v) is 19.2. The number of benzene rings is 1. The molecule has 0 saturated heterocycles. The van der Waals surface area contributed by atoms with Gasteiger partial charge in [0.1, 0.15) is 12.2 Å². The first-order chi connectivity index (χ1) is 15.1. The van der Waals surface area contributed by atoms with E-state index in [0.29, 0.717) is 24.5 Å². The molecule has 178 valence electrons. The van der Waals surface area contributed by atoms with Gasteiger partial charge < -0.3 is 33.3 Å². The second-order valence-electron chi connectivity index (χ2n) is 8.13. The zero-order valence-electron chi connectivity index (χ0n) is 19.2. The van der Waals surface area contributed by atoms with Crippen LogP contribution >= 0.6 is 0 Å². The topological polar surface area (TPSA) is 110 Å². The molecule has 0 bridgehead atoms. The molecule has 1 heterocycles. The van der Waals surface area contributed by atoms with Crippen molar-refractivity contribution in [3.8, 4) is 11.5 Å². The van der Waals surface area contributed by atoms with E-state index in [1.54, 1.807) is 20.8 Å². The fraction of sp³-hybridized carbons (Fsp3) is 0.591. The summed E-state index contributed by atoms with van der Waals surface area (Å²) in [6, 6.07) is 5.46. The fourth-order valence-electron chi connectivity index (χ4n) is 3.00. The van der Waals surface area contributed by atoms with Crippen LogP contribution in [0.3, 0.4) is 0 Å². The van der Waals surface area contributed by atoms with Gasteiger partial charge in [-0.1, -0.05) is 6.07 Å². The van der Waals surface area contributed by atoms with Gasteiger partial charge in [-0.15, -0.1) is 0 Å². The molecule has 1 atom stereocenters. The Morgan fingerprint density at radius 1 is 1.09 bits per heavy atom. The van der Waals surface area contributed by atoms with Gasteiger partial charge in [-0.2, -0.15) is 0 Å². The highest BCUT2D eigenvalue weighted by atomic mass is 16.8. The van der Waals surface area contributed by atoms with Crippen LogP contribution in [0.15, 0.2) is 18.2 Å². The first-order valence-corrected chi connectivity index (χ1v) is 10.4.